The summed E-state index contributed by atoms with van der Waals surface area (Å²) in [5, 5.41) is 9.96. The number of halogens is 2. The maximum atomic E-state index is 12.5. The number of aliphatic hydroxyl groups excluding tert-OH is 1. The highest BCUT2D eigenvalue weighted by molar-refractivity contribution is 7.92. The summed E-state index contributed by atoms with van der Waals surface area (Å²) < 4.78 is 27.4. The first kappa shape index (κ1) is 20.9. The van der Waals surface area contributed by atoms with Crippen LogP contribution in [0.25, 0.3) is 0 Å². The van der Waals surface area contributed by atoms with E-state index in [1.807, 2.05) is 0 Å². The third-order valence-corrected chi connectivity index (χ3v) is 6.70. The second-order valence-corrected chi connectivity index (χ2v) is 9.16. The molecule has 6 nitrogen and oxygen atoms in total. The van der Waals surface area contributed by atoms with E-state index in [9.17, 15) is 18.3 Å². The van der Waals surface area contributed by atoms with Crippen molar-refractivity contribution in [1.82, 2.24) is 4.90 Å². The zero-order chi connectivity index (χ0) is 20.3. The number of hydrogen-bond donors (Lipinski definition) is 2. The number of carbonyl (C=O) groups is 1. The van der Waals surface area contributed by atoms with Gasteiger partial charge in [0.2, 0.25) is 5.91 Å². The van der Waals surface area contributed by atoms with Gasteiger partial charge in [0, 0.05) is 18.8 Å². The number of amides is 1. The van der Waals surface area contributed by atoms with Crippen molar-refractivity contribution in [2.75, 3.05) is 17.8 Å². The zero-order valence-corrected chi connectivity index (χ0v) is 17.3. The number of likely N-dealkylation sites (tertiary alicyclic amines) is 1. The van der Waals surface area contributed by atoms with Gasteiger partial charge in [0.15, 0.2) is 0 Å². The van der Waals surface area contributed by atoms with Gasteiger partial charge in [-0.25, -0.2) is 8.42 Å². The maximum Gasteiger partial charge on any atom is 0.261 e. The molecule has 1 fully saturated rings. The van der Waals surface area contributed by atoms with Gasteiger partial charge in [-0.2, -0.15) is 0 Å². The van der Waals surface area contributed by atoms with E-state index in [2.05, 4.69) is 4.72 Å². The summed E-state index contributed by atoms with van der Waals surface area (Å²) in [5.41, 5.74) is 1.16. The zero-order valence-electron chi connectivity index (χ0n) is 14.9. The molecule has 0 unspecified atom stereocenters. The molecule has 9 heteroatoms. The number of aliphatic hydroxyl groups is 1. The molecule has 1 heterocycles. The minimum atomic E-state index is -3.80. The van der Waals surface area contributed by atoms with Crippen LogP contribution >= 0.6 is 23.2 Å². The second-order valence-electron chi connectivity index (χ2n) is 6.67. The monoisotopic (exact) mass is 442 g/mol. The SMILES string of the molecule is O=C(Cc1ccc(NS(=O)(=O)c2ccc(Cl)c(Cl)c2)cc1)N1CCC(O)CC1. The third-order valence-electron chi connectivity index (χ3n) is 4.58. The van der Waals surface area contributed by atoms with Gasteiger partial charge in [0.1, 0.15) is 0 Å². The summed E-state index contributed by atoms with van der Waals surface area (Å²) in [6.07, 6.45) is 1.10. The molecule has 1 amide bonds. The van der Waals surface area contributed by atoms with Gasteiger partial charge >= 0.3 is 0 Å². The largest absolute Gasteiger partial charge is 0.393 e. The number of piperidine rings is 1. The topological polar surface area (TPSA) is 86.7 Å². The molecular formula is C19H20Cl2N2O4S. The van der Waals surface area contributed by atoms with Gasteiger partial charge in [0.25, 0.3) is 10.0 Å². The lowest BCUT2D eigenvalue weighted by atomic mass is 10.1. The van der Waals surface area contributed by atoms with Crippen molar-refractivity contribution in [2.45, 2.75) is 30.3 Å². The molecule has 0 radical (unpaired) electrons. The predicted molar refractivity (Wildman–Crippen MR) is 109 cm³/mol. The molecule has 0 aromatic heterocycles. The summed E-state index contributed by atoms with van der Waals surface area (Å²) in [7, 11) is -3.80. The fourth-order valence-corrected chi connectivity index (χ4v) is 4.40. The number of benzene rings is 2. The molecule has 150 valence electrons. The van der Waals surface area contributed by atoms with Crippen LogP contribution in [0.1, 0.15) is 18.4 Å². The van der Waals surface area contributed by atoms with Crippen LogP contribution in [-0.4, -0.2) is 43.5 Å². The Kier molecular flexibility index (Phi) is 6.50. The van der Waals surface area contributed by atoms with Gasteiger partial charge in [-0.1, -0.05) is 35.3 Å². The summed E-state index contributed by atoms with van der Waals surface area (Å²) in [5.74, 6) is -0.00367. The summed E-state index contributed by atoms with van der Waals surface area (Å²) in [6.45, 7) is 1.11. The van der Waals surface area contributed by atoms with E-state index in [1.54, 1.807) is 29.2 Å². The Morgan fingerprint density at radius 2 is 1.71 bits per heavy atom. The van der Waals surface area contributed by atoms with E-state index in [0.29, 0.717) is 31.6 Å². The van der Waals surface area contributed by atoms with E-state index < -0.39 is 10.0 Å². The van der Waals surface area contributed by atoms with Crippen LogP contribution in [0.5, 0.6) is 0 Å². The molecule has 0 aliphatic carbocycles. The van der Waals surface area contributed by atoms with Gasteiger partial charge in [-0.05, 0) is 48.7 Å². The Labute approximate surface area is 174 Å². The molecule has 1 aliphatic rings. The Bertz CT molecular complexity index is 956. The minimum Gasteiger partial charge on any atom is -0.393 e. The van der Waals surface area contributed by atoms with Gasteiger partial charge in [-0.15, -0.1) is 0 Å². The van der Waals surface area contributed by atoms with Crippen LogP contribution in [0.15, 0.2) is 47.4 Å². The smallest absolute Gasteiger partial charge is 0.261 e. The standard InChI is InChI=1S/C19H20Cl2N2O4S/c20-17-6-5-16(12-18(17)21)28(26,27)22-14-3-1-13(2-4-14)11-19(25)23-9-7-15(24)8-10-23/h1-6,12,15,22,24H,7-11H2. The highest BCUT2D eigenvalue weighted by atomic mass is 35.5. The number of carbonyl (C=O) groups excluding carboxylic acids is 1. The van der Waals surface area contributed by atoms with Crippen LogP contribution < -0.4 is 4.72 Å². The molecule has 1 aliphatic heterocycles. The lowest BCUT2D eigenvalue weighted by molar-refractivity contribution is -0.132. The van der Waals surface area contributed by atoms with Crippen molar-refractivity contribution in [1.29, 1.82) is 0 Å². The molecule has 2 aromatic rings. The molecular weight excluding hydrogens is 423 g/mol. The van der Waals surface area contributed by atoms with Crippen molar-refractivity contribution >= 4 is 44.8 Å². The number of sulfonamides is 1. The average molecular weight is 443 g/mol. The van der Waals surface area contributed by atoms with Gasteiger partial charge < -0.3 is 10.0 Å². The quantitative estimate of drug-likeness (QED) is 0.743. The average Bonchev–Trinajstić information content (AvgIpc) is 2.65. The lowest BCUT2D eigenvalue weighted by Gasteiger charge is -2.29. The normalized spacial score (nSPS) is 15.5. The van der Waals surface area contributed by atoms with Crippen molar-refractivity contribution < 1.29 is 18.3 Å². The maximum absolute atomic E-state index is 12.5. The summed E-state index contributed by atoms with van der Waals surface area (Å²) >= 11 is 11.7. The van der Waals surface area contributed by atoms with Crippen molar-refractivity contribution in [3.63, 3.8) is 0 Å². The molecule has 3 rings (SSSR count). The first-order valence-corrected chi connectivity index (χ1v) is 11.0. The predicted octanol–water partition coefficient (Wildman–Crippen LogP) is 3.32. The highest BCUT2D eigenvalue weighted by Crippen LogP contribution is 2.26. The van der Waals surface area contributed by atoms with Crippen molar-refractivity contribution in [3.8, 4) is 0 Å². The molecule has 0 spiro atoms. The Morgan fingerprint density at radius 1 is 1.07 bits per heavy atom. The third kappa shape index (κ3) is 5.17. The highest BCUT2D eigenvalue weighted by Gasteiger charge is 2.21. The molecule has 0 atom stereocenters. The van der Waals surface area contributed by atoms with Crippen LogP contribution in [-0.2, 0) is 21.2 Å². The van der Waals surface area contributed by atoms with Crippen molar-refractivity contribution in [2.24, 2.45) is 0 Å². The Balaban J connectivity index is 1.64. The van der Waals surface area contributed by atoms with Crippen molar-refractivity contribution in [3.05, 3.63) is 58.1 Å². The van der Waals surface area contributed by atoms with E-state index in [1.165, 1.54) is 18.2 Å². The molecule has 2 N–H and O–H groups in total. The van der Waals surface area contributed by atoms with Crippen LogP contribution in [0.2, 0.25) is 10.0 Å². The number of nitrogens with one attached hydrogen (secondary N) is 1. The Hall–Kier alpha value is -1.80. The Morgan fingerprint density at radius 3 is 2.32 bits per heavy atom. The first-order valence-electron chi connectivity index (χ1n) is 8.77. The van der Waals surface area contributed by atoms with E-state index >= 15 is 0 Å². The van der Waals surface area contributed by atoms with E-state index in [4.69, 9.17) is 23.2 Å². The summed E-state index contributed by atoms with van der Waals surface area (Å²) in [4.78, 5) is 14.1. The molecule has 2 aromatic carbocycles. The number of nitrogens with zero attached hydrogens (tertiary/aromatic N) is 1. The van der Waals surface area contributed by atoms with Crippen LogP contribution in [0.3, 0.4) is 0 Å². The molecule has 0 saturated carbocycles. The molecule has 28 heavy (non-hydrogen) atoms. The van der Waals surface area contributed by atoms with Crippen LogP contribution in [0.4, 0.5) is 5.69 Å². The van der Waals surface area contributed by atoms with E-state index in [0.717, 1.165) is 5.56 Å². The molecule has 1 saturated heterocycles. The fourth-order valence-electron chi connectivity index (χ4n) is 2.95. The second kappa shape index (κ2) is 8.69. The number of rotatable bonds is 5. The molecule has 0 bridgehead atoms. The van der Waals surface area contributed by atoms with Gasteiger partial charge in [0.05, 0.1) is 27.5 Å². The van der Waals surface area contributed by atoms with E-state index in [-0.39, 0.29) is 33.4 Å². The number of anilines is 1. The fraction of sp³-hybridized carbons (Fsp3) is 0.316. The van der Waals surface area contributed by atoms with Crippen LogP contribution in [0, 0.1) is 0 Å². The summed E-state index contributed by atoms with van der Waals surface area (Å²) in [6, 6.07) is 10.7. The minimum absolute atomic E-state index is 0.00367. The number of hydrogen-bond acceptors (Lipinski definition) is 4. The lowest BCUT2D eigenvalue weighted by Crippen LogP contribution is -2.40. The van der Waals surface area contributed by atoms with Gasteiger partial charge in [-0.3, -0.25) is 9.52 Å². The first-order chi connectivity index (χ1) is 13.2.